The molecule has 2 rings (SSSR count). The maximum Gasteiger partial charge on any atom is 0.333 e. The van der Waals surface area contributed by atoms with Gasteiger partial charge >= 0.3 is 11.9 Å². The predicted octanol–water partition coefficient (Wildman–Crippen LogP) is 4.19. The number of carbonyl (C=O) groups is 2. The smallest absolute Gasteiger partial charge is 0.333 e. The van der Waals surface area contributed by atoms with Crippen LogP contribution in [0.3, 0.4) is 0 Å². The van der Waals surface area contributed by atoms with E-state index in [1.807, 2.05) is 0 Å². The Morgan fingerprint density at radius 1 is 1.27 bits per heavy atom. The molecule has 1 aliphatic rings. The molecule has 0 spiro atoms. The number of hydrogen-bond acceptors (Lipinski definition) is 4. The van der Waals surface area contributed by atoms with E-state index in [1.165, 1.54) is 7.11 Å². The first-order valence-corrected chi connectivity index (χ1v) is 8.15. The molecule has 0 N–H and O–H groups in total. The average molecular weight is 391 g/mol. The van der Waals surface area contributed by atoms with Crippen molar-refractivity contribution in [3.05, 3.63) is 45.8 Å². The third-order valence-electron chi connectivity index (χ3n) is 4.66. The van der Waals surface area contributed by atoms with E-state index in [2.05, 4.69) is 4.74 Å². The summed E-state index contributed by atoms with van der Waals surface area (Å²) in [5, 5.41) is -0.635. The summed E-state index contributed by atoms with van der Waals surface area (Å²) in [5.74, 6) is -5.96. The molecule has 0 aliphatic heterocycles. The van der Waals surface area contributed by atoms with Crippen LogP contribution >= 0.6 is 11.6 Å². The van der Waals surface area contributed by atoms with Gasteiger partial charge in [0.05, 0.1) is 18.1 Å². The molecule has 1 aromatic rings. The molecule has 1 aliphatic carbocycles. The quantitative estimate of drug-likeness (QED) is 0.430. The average Bonchev–Trinajstić information content (AvgIpc) is 3.12. The molecule has 142 valence electrons. The van der Waals surface area contributed by atoms with E-state index in [-0.39, 0.29) is 5.92 Å². The normalized spacial score (nSPS) is 21.3. The predicted molar refractivity (Wildman–Crippen MR) is 87.7 cm³/mol. The van der Waals surface area contributed by atoms with Gasteiger partial charge in [0, 0.05) is 17.2 Å². The SMILES string of the molecule is COC(=O)/C(C)=C/[C@@H]1[C@@H](C(=O)OCc2c(F)c(F)cc(F)c2Cl)C1(C)C. The molecular weight excluding hydrogens is 373 g/mol. The molecule has 1 fully saturated rings. The first-order chi connectivity index (χ1) is 12.0. The van der Waals surface area contributed by atoms with Crippen LogP contribution in [0.4, 0.5) is 13.2 Å². The lowest BCUT2D eigenvalue weighted by Crippen LogP contribution is -2.12. The molecule has 0 amide bonds. The largest absolute Gasteiger partial charge is 0.466 e. The second-order valence-corrected chi connectivity index (χ2v) is 7.10. The zero-order valence-electron chi connectivity index (χ0n) is 14.7. The summed E-state index contributed by atoms with van der Waals surface area (Å²) in [4.78, 5) is 23.8. The van der Waals surface area contributed by atoms with Gasteiger partial charge in [-0.1, -0.05) is 31.5 Å². The Kier molecular flexibility index (Phi) is 5.70. The minimum atomic E-state index is -1.42. The van der Waals surface area contributed by atoms with Gasteiger partial charge in [0.1, 0.15) is 12.4 Å². The van der Waals surface area contributed by atoms with Gasteiger partial charge < -0.3 is 9.47 Å². The van der Waals surface area contributed by atoms with Crippen molar-refractivity contribution in [3.8, 4) is 0 Å². The van der Waals surface area contributed by atoms with E-state index < -0.39 is 57.9 Å². The number of halogens is 4. The van der Waals surface area contributed by atoms with E-state index in [4.69, 9.17) is 16.3 Å². The Morgan fingerprint density at radius 2 is 1.88 bits per heavy atom. The third kappa shape index (κ3) is 3.72. The van der Waals surface area contributed by atoms with Crippen molar-refractivity contribution in [2.24, 2.45) is 17.3 Å². The Bertz CT molecular complexity index is 763. The summed E-state index contributed by atoms with van der Waals surface area (Å²) in [6.45, 7) is 4.48. The highest BCUT2D eigenvalue weighted by molar-refractivity contribution is 6.31. The van der Waals surface area contributed by atoms with Gasteiger partial charge in [-0.05, 0) is 18.3 Å². The van der Waals surface area contributed by atoms with Crippen molar-refractivity contribution in [2.75, 3.05) is 7.11 Å². The van der Waals surface area contributed by atoms with Crippen LogP contribution in [0.25, 0.3) is 0 Å². The number of esters is 2. The van der Waals surface area contributed by atoms with E-state index in [1.54, 1.807) is 26.8 Å². The molecule has 2 atom stereocenters. The lowest BCUT2D eigenvalue weighted by molar-refractivity contribution is -0.147. The third-order valence-corrected chi connectivity index (χ3v) is 5.07. The van der Waals surface area contributed by atoms with Crippen LogP contribution in [0.5, 0.6) is 0 Å². The van der Waals surface area contributed by atoms with Gasteiger partial charge in [-0.3, -0.25) is 4.79 Å². The maximum absolute atomic E-state index is 13.8. The van der Waals surface area contributed by atoms with Crippen molar-refractivity contribution in [3.63, 3.8) is 0 Å². The second-order valence-electron chi connectivity index (χ2n) is 6.72. The molecule has 0 heterocycles. The summed E-state index contributed by atoms with van der Waals surface area (Å²) in [5.41, 5.74) is -0.696. The van der Waals surface area contributed by atoms with Crippen LogP contribution in [0.1, 0.15) is 26.3 Å². The zero-order valence-corrected chi connectivity index (χ0v) is 15.4. The molecule has 0 unspecified atom stereocenters. The monoisotopic (exact) mass is 390 g/mol. The van der Waals surface area contributed by atoms with Crippen LogP contribution < -0.4 is 0 Å². The molecule has 1 aromatic carbocycles. The minimum Gasteiger partial charge on any atom is -0.466 e. The molecule has 0 bridgehead atoms. The Morgan fingerprint density at radius 3 is 2.46 bits per heavy atom. The number of allylic oxidation sites excluding steroid dienone is 1. The molecule has 0 saturated heterocycles. The highest BCUT2D eigenvalue weighted by Gasteiger charge is 2.61. The van der Waals surface area contributed by atoms with Crippen LogP contribution in [-0.2, 0) is 25.7 Å². The molecule has 1 saturated carbocycles. The summed E-state index contributed by atoms with van der Waals surface area (Å²) < 4.78 is 50.1. The fourth-order valence-corrected chi connectivity index (χ4v) is 3.11. The van der Waals surface area contributed by atoms with Crippen molar-refractivity contribution in [1.29, 1.82) is 0 Å². The fourth-order valence-electron chi connectivity index (χ4n) is 2.92. The molecule has 4 nitrogen and oxygen atoms in total. The summed E-state index contributed by atoms with van der Waals surface area (Å²) in [6.07, 6.45) is 1.62. The molecule has 0 aromatic heterocycles. The maximum atomic E-state index is 13.8. The number of methoxy groups -OCH3 is 1. The lowest BCUT2D eigenvalue weighted by atomic mass is 10.1. The van der Waals surface area contributed by atoms with Crippen molar-refractivity contribution in [1.82, 2.24) is 0 Å². The van der Waals surface area contributed by atoms with Gasteiger partial charge in [0.2, 0.25) is 0 Å². The van der Waals surface area contributed by atoms with Gasteiger partial charge in [-0.15, -0.1) is 0 Å². The zero-order chi connectivity index (χ0) is 19.8. The minimum absolute atomic E-state index is 0.279. The fraction of sp³-hybridized carbons (Fsp3) is 0.444. The Balaban J connectivity index is 2.11. The molecular formula is C18H18ClF3O4. The van der Waals surface area contributed by atoms with Crippen LogP contribution in [-0.4, -0.2) is 19.0 Å². The number of benzene rings is 1. The second kappa shape index (κ2) is 7.31. The van der Waals surface area contributed by atoms with Crippen molar-refractivity contribution in [2.45, 2.75) is 27.4 Å². The van der Waals surface area contributed by atoms with E-state index >= 15 is 0 Å². The van der Waals surface area contributed by atoms with Crippen molar-refractivity contribution < 1.29 is 32.2 Å². The van der Waals surface area contributed by atoms with Gasteiger partial charge in [-0.2, -0.15) is 0 Å². The van der Waals surface area contributed by atoms with Gasteiger partial charge in [0.15, 0.2) is 11.6 Å². The summed E-state index contributed by atoms with van der Waals surface area (Å²) >= 11 is 5.62. The van der Waals surface area contributed by atoms with Crippen molar-refractivity contribution >= 4 is 23.5 Å². The molecule has 8 heteroatoms. The standard InChI is InChI=1S/C18H18ClF3O4/c1-8(16(23)25-4)5-10-13(18(10,2)3)17(24)26-7-9-14(19)11(20)6-12(21)15(9)22/h5-6,10,13H,7H2,1-4H3/b8-5+/t10-,13+/m1/s1. The molecule has 0 radical (unpaired) electrons. The number of rotatable bonds is 5. The highest BCUT2D eigenvalue weighted by Crippen LogP contribution is 2.60. The van der Waals surface area contributed by atoms with Crippen LogP contribution in [0, 0.1) is 34.7 Å². The van der Waals surface area contributed by atoms with Gasteiger partial charge in [0.25, 0.3) is 0 Å². The first kappa shape index (κ1) is 20.3. The summed E-state index contributed by atoms with van der Waals surface area (Å²) in [6, 6.07) is 0.323. The number of carbonyl (C=O) groups excluding carboxylic acids is 2. The van der Waals surface area contributed by atoms with Gasteiger partial charge in [-0.25, -0.2) is 18.0 Å². The summed E-state index contributed by atoms with van der Waals surface area (Å²) in [7, 11) is 1.25. The van der Waals surface area contributed by atoms with E-state index in [9.17, 15) is 22.8 Å². The number of ether oxygens (including phenoxy) is 2. The topological polar surface area (TPSA) is 52.6 Å². The molecule has 26 heavy (non-hydrogen) atoms. The van der Waals surface area contributed by atoms with Crippen LogP contribution in [0.2, 0.25) is 5.02 Å². The van der Waals surface area contributed by atoms with Crippen LogP contribution in [0.15, 0.2) is 17.7 Å². The number of hydrogen-bond donors (Lipinski definition) is 0. The Labute approximate surface area is 153 Å². The van der Waals surface area contributed by atoms with E-state index in [0.717, 1.165) is 0 Å². The Hall–Kier alpha value is -2.02. The van der Waals surface area contributed by atoms with E-state index in [0.29, 0.717) is 11.6 Å². The first-order valence-electron chi connectivity index (χ1n) is 7.77. The highest BCUT2D eigenvalue weighted by atomic mass is 35.5. The lowest BCUT2D eigenvalue weighted by Gasteiger charge is -2.09.